The average molecular weight is 326 g/mol. The lowest BCUT2D eigenvalue weighted by Gasteiger charge is -2.54. The van der Waals surface area contributed by atoms with Gasteiger partial charge < -0.3 is 9.88 Å². The van der Waals surface area contributed by atoms with Crippen molar-refractivity contribution in [2.75, 3.05) is 0 Å². The van der Waals surface area contributed by atoms with E-state index in [1.807, 2.05) is 19.2 Å². The Hall–Kier alpha value is -1.58. The van der Waals surface area contributed by atoms with Crippen molar-refractivity contribution >= 4 is 5.91 Å². The Morgan fingerprint density at radius 3 is 2.29 bits per heavy atom. The lowest BCUT2D eigenvalue weighted by molar-refractivity contribution is -0.0119. The van der Waals surface area contributed by atoms with Crippen LogP contribution in [0.3, 0.4) is 0 Å². The fourth-order valence-corrected chi connectivity index (χ4v) is 5.94. The summed E-state index contributed by atoms with van der Waals surface area (Å²) in [6.07, 6.45) is 10.5. The van der Waals surface area contributed by atoms with Crippen LogP contribution in [0.25, 0.3) is 0 Å². The molecule has 1 N–H and O–H groups in total. The summed E-state index contributed by atoms with van der Waals surface area (Å²) in [7, 11) is 0. The van der Waals surface area contributed by atoms with E-state index in [9.17, 15) is 9.59 Å². The summed E-state index contributed by atoms with van der Waals surface area (Å²) in [6.45, 7) is 1.88. The number of hydrogen-bond acceptors (Lipinski definition) is 2. The van der Waals surface area contributed by atoms with Gasteiger partial charge in [-0.1, -0.05) is 0 Å². The molecule has 5 saturated carbocycles. The van der Waals surface area contributed by atoms with Crippen molar-refractivity contribution in [3.8, 4) is 0 Å². The molecule has 0 spiro atoms. The topological polar surface area (TPSA) is 51.1 Å². The first-order valence-corrected chi connectivity index (χ1v) is 9.62. The van der Waals surface area contributed by atoms with Gasteiger partial charge in [0.25, 0.3) is 11.5 Å². The largest absolute Gasteiger partial charge is 0.349 e. The van der Waals surface area contributed by atoms with Crippen LogP contribution in [0.4, 0.5) is 0 Å². The van der Waals surface area contributed by atoms with Gasteiger partial charge in [0.1, 0.15) is 5.56 Å². The summed E-state index contributed by atoms with van der Waals surface area (Å²) in [4.78, 5) is 25.7. The molecule has 4 heteroatoms. The van der Waals surface area contributed by atoms with Crippen molar-refractivity contribution in [1.82, 2.24) is 9.88 Å². The number of pyridine rings is 1. The van der Waals surface area contributed by atoms with Crippen molar-refractivity contribution in [1.29, 1.82) is 0 Å². The van der Waals surface area contributed by atoms with E-state index >= 15 is 0 Å². The second-order valence-corrected chi connectivity index (χ2v) is 8.75. The van der Waals surface area contributed by atoms with Gasteiger partial charge in [-0.15, -0.1) is 0 Å². The Morgan fingerprint density at radius 2 is 1.71 bits per heavy atom. The predicted octanol–water partition coefficient (Wildman–Crippen LogP) is 3.05. The van der Waals surface area contributed by atoms with Crippen LogP contribution >= 0.6 is 0 Å². The van der Waals surface area contributed by atoms with E-state index in [2.05, 4.69) is 5.32 Å². The SMILES string of the molecule is Cc1ccn(C2CC2)c(=O)c1C(=O)NC1C2CC3CC(C2)CC1C3. The second kappa shape index (κ2) is 5.21. The van der Waals surface area contributed by atoms with Gasteiger partial charge in [-0.25, -0.2) is 0 Å². The minimum Gasteiger partial charge on any atom is -0.349 e. The molecule has 5 aliphatic rings. The van der Waals surface area contributed by atoms with Crippen molar-refractivity contribution in [2.24, 2.45) is 23.7 Å². The molecule has 4 bridgehead atoms. The van der Waals surface area contributed by atoms with E-state index in [-0.39, 0.29) is 11.5 Å². The van der Waals surface area contributed by atoms with E-state index in [0.717, 1.165) is 30.2 Å². The zero-order valence-corrected chi connectivity index (χ0v) is 14.3. The summed E-state index contributed by atoms with van der Waals surface area (Å²) in [6, 6.07) is 2.52. The number of carbonyl (C=O) groups excluding carboxylic acids is 1. The first-order valence-electron chi connectivity index (χ1n) is 9.62. The maximum atomic E-state index is 12.9. The number of aromatic nitrogens is 1. The van der Waals surface area contributed by atoms with Gasteiger partial charge in [-0.2, -0.15) is 0 Å². The summed E-state index contributed by atoms with van der Waals surface area (Å²) in [5.41, 5.74) is 1.08. The molecule has 5 fully saturated rings. The van der Waals surface area contributed by atoms with Crippen LogP contribution in [0.5, 0.6) is 0 Å². The third kappa shape index (κ3) is 2.26. The van der Waals surface area contributed by atoms with Crippen molar-refractivity contribution in [3.63, 3.8) is 0 Å². The number of nitrogens with zero attached hydrogens (tertiary/aromatic N) is 1. The quantitative estimate of drug-likeness (QED) is 0.928. The highest BCUT2D eigenvalue weighted by molar-refractivity contribution is 5.95. The Balaban J connectivity index is 1.41. The number of rotatable bonds is 3. The van der Waals surface area contributed by atoms with Crippen molar-refractivity contribution in [3.05, 3.63) is 33.7 Å². The molecule has 0 aromatic carbocycles. The first kappa shape index (κ1) is 14.7. The first-order chi connectivity index (χ1) is 11.6. The monoisotopic (exact) mass is 326 g/mol. The molecule has 24 heavy (non-hydrogen) atoms. The maximum absolute atomic E-state index is 12.9. The van der Waals surface area contributed by atoms with Gasteiger partial charge in [0.05, 0.1) is 0 Å². The van der Waals surface area contributed by atoms with E-state index in [0.29, 0.717) is 29.5 Å². The fourth-order valence-electron chi connectivity index (χ4n) is 5.94. The molecule has 5 aliphatic carbocycles. The minimum absolute atomic E-state index is 0.0983. The average Bonchev–Trinajstić information content (AvgIpc) is 3.35. The summed E-state index contributed by atoms with van der Waals surface area (Å²) in [5.74, 6) is 2.93. The molecule has 0 aliphatic heterocycles. The van der Waals surface area contributed by atoms with Gasteiger partial charge in [-0.3, -0.25) is 9.59 Å². The standard InChI is InChI=1S/C20H26N2O2/c1-11-4-5-22(16-2-3-16)20(24)17(11)19(23)21-18-14-7-12-6-13(9-14)10-15(18)8-12/h4-5,12-16,18H,2-3,6-10H2,1H3,(H,21,23). The van der Waals surface area contributed by atoms with Crippen LogP contribution in [0.15, 0.2) is 17.1 Å². The Morgan fingerprint density at radius 1 is 1.08 bits per heavy atom. The molecular formula is C20H26N2O2. The van der Waals surface area contributed by atoms with E-state index in [1.165, 1.54) is 32.1 Å². The number of carbonyl (C=O) groups is 1. The third-order valence-corrected chi connectivity index (χ3v) is 7.02. The molecule has 1 amide bonds. The van der Waals surface area contributed by atoms with Crippen LogP contribution in [-0.2, 0) is 0 Å². The van der Waals surface area contributed by atoms with Gasteiger partial charge in [-0.05, 0) is 87.2 Å². The number of hydrogen-bond donors (Lipinski definition) is 1. The molecule has 6 rings (SSSR count). The molecule has 1 aromatic rings. The highest BCUT2D eigenvalue weighted by atomic mass is 16.2. The number of aryl methyl sites for hydroxylation is 1. The third-order valence-electron chi connectivity index (χ3n) is 7.02. The maximum Gasteiger partial charge on any atom is 0.263 e. The lowest BCUT2D eigenvalue weighted by atomic mass is 9.54. The van der Waals surface area contributed by atoms with Crippen LogP contribution < -0.4 is 10.9 Å². The van der Waals surface area contributed by atoms with Crippen LogP contribution in [-0.4, -0.2) is 16.5 Å². The molecule has 0 unspecified atom stereocenters. The highest BCUT2D eigenvalue weighted by Crippen LogP contribution is 2.53. The molecular weight excluding hydrogens is 300 g/mol. The Bertz CT molecular complexity index is 718. The van der Waals surface area contributed by atoms with E-state index < -0.39 is 0 Å². The van der Waals surface area contributed by atoms with E-state index in [4.69, 9.17) is 0 Å². The summed E-state index contributed by atoms with van der Waals surface area (Å²) >= 11 is 0. The van der Waals surface area contributed by atoms with Gasteiger partial charge in [0.15, 0.2) is 0 Å². The normalized spacial score (nSPS) is 36.8. The highest BCUT2D eigenvalue weighted by Gasteiger charge is 2.48. The predicted molar refractivity (Wildman–Crippen MR) is 92.0 cm³/mol. The zero-order valence-electron chi connectivity index (χ0n) is 14.3. The lowest BCUT2D eigenvalue weighted by Crippen LogP contribution is -2.56. The smallest absolute Gasteiger partial charge is 0.263 e. The molecule has 4 nitrogen and oxygen atoms in total. The van der Waals surface area contributed by atoms with Crippen LogP contribution in [0.2, 0.25) is 0 Å². The fraction of sp³-hybridized carbons (Fsp3) is 0.700. The summed E-state index contributed by atoms with van der Waals surface area (Å²) in [5, 5.41) is 3.29. The second-order valence-electron chi connectivity index (χ2n) is 8.75. The number of nitrogens with one attached hydrogen (secondary N) is 1. The molecule has 0 radical (unpaired) electrons. The molecule has 1 heterocycles. The van der Waals surface area contributed by atoms with Crippen LogP contribution in [0, 0.1) is 30.6 Å². The Labute approximate surface area is 142 Å². The molecule has 1 aromatic heterocycles. The van der Waals surface area contributed by atoms with Crippen molar-refractivity contribution in [2.45, 2.75) is 64.0 Å². The van der Waals surface area contributed by atoms with Crippen LogP contribution in [0.1, 0.15) is 66.9 Å². The molecule has 128 valence electrons. The van der Waals surface area contributed by atoms with Gasteiger partial charge in [0.2, 0.25) is 0 Å². The summed E-state index contributed by atoms with van der Waals surface area (Å²) < 4.78 is 1.76. The number of amides is 1. The van der Waals surface area contributed by atoms with Gasteiger partial charge in [0, 0.05) is 18.3 Å². The molecule has 0 saturated heterocycles. The Kier molecular flexibility index (Phi) is 3.20. The minimum atomic E-state index is -0.134. The van der Waals surface area contributed by atoms with Gasteiger partial charge >= 0.3 is 0 Å². The van der Waals surface area contributed by atoms with Crippen molar-refractivity contribution < 1.29 is 4.79 Å². The molecule has 0 atom stereocenters. The zero-order chi connectivity index (χ0) is 16.4. The van der Waals surface area contributed by atoms with E-state index in [1.54, 1.807) is 4.57 Å².